The highest BCUT2D eigenvalue weighted by molar-refractivity contribution is 7.89. The quantitative estimate of drug-likeness (QED) is 0.199. The molecule has 12 heteroatoms. The van der Waals surface area contributed by atoms with Gasteiger partial charge in [0.25, 0.3) is 5.91 Å². The fraction of sp³-hybridized carbons (Fsp3) is 0.258. The van der Waals surface area contributed by atoms with Gasteiger partial charge in [-0.1, -0.05) is 25.1 Å². The summed E-state index contributed by atoms with van der Waals surface area (Å²) in [5.74, 6) is -1.27. The fourth-order valence-electron chi connectivity index (χ4n) is 4.30. The summed E-state index contributed by atoms with van der Waals surface area (Å²) < 4.78 is 42.6. The zero-order valence-corrected chi connectivity index (χ0v) is 25.6. The number of nitrogens with zero attached hydrogens (tertiary/aromatic N) is 2. The van der Waals surface area contributed by atoms with Crippen molar-refractivity contribution in [2.45, 2.75) is 52.0 Å². The number of hydrogen-bond acceptors (Lipinski definition) is 7. The zero-order valence-electron chi connectivity index (χ0n) is 24.8. The molecule has 1 aromatic heterocycles. The van der Waals surface area contributed by atoms with E-state index < -0.39 is 27.9 Å². The lowest BCUT2D eigenvalue weighted by Gasteiger charge is -2.18. The van der Waals surface area contributed by atoms with Crippen molar-refractivity contribution in [2.75, 3.05) is 12.4 Å². The van der Waals surface area contributed by atoms with Gasteiger partial charge in [-0.15, -0.1) is 0 Å². The molecule has 43 heavy (non-hydrogen) atoms. The largest absolute Gasteiger partial charge is 0.497 e. The van der Waals surface area contributed by atoms with Crippen molar-refractivity contribution in [3.8, 4) is 23.1 Å². The smallest absolute Gasteiger partial charge is 0.356 e. The molecule has 0 aliphatic heterocycles. The number of rotatable bonds is 11. The van der Waals surface area contributed by atoms with Crippen molar-refractivity contribution in [3.05, 3.63) is 88.6 Å². The first-order valence-electron chi connectivity index (χ1n) is 13.5. The third kappa shape index (κ3) is 6.71. The van der Waals surface area contributed by atoms with Crippen LogP contribution in [0.25, 0.3) is 5.69 Å². The number of ether oxygens (including phenoxy) is 2. The minimum Gasteiger partial charge on any atom is -0.497 e. The van der Waals surface area contributed by atoms with Crippen LogP contribution >= 0.6 is 0 Å². The molecule has 0 fully saturated rings. The Morgan fingerprint density at radius 2 is 1.74 bits per heavy atom. The van der Waals surface area contributed by atoms with Gasteiger partial charge in [0.1, 0.15) is 16.4 Å². The molecule has 0 saturated carbocycles. The van der Waals surface area contributed by atoms with E-state index in [9.17, 15) is 23.1 Å². The van der Waals surface area contributed by atoms with E-state index in [1.54, 1.807) is 44.2 Å². The SMILES string of the molecule is CCC(C)NS(=O)(=O)c1cc(NC(=O)c2cccc(OC)c2)ccc1Oc1c(C)c(C(=O)O)nn1-c1cccc(C)c1C. The normalized spacial score (nSPS) is 12.0. The maximum absolute atomic E-state index is 13.6. The maximum atomic E-state index is 13.6. The summed E-state index contributed by atoms with van der Waals surface area (Å²) in [6, 6.07) is 15.8. The Labute approximate surface area is 250 Å². The van der Waals surface area contributed by atoms with E-state index in [-0.39, 0.29) is 33.5 Å². The standard InChI is InChI=1S/C31H34N4O7S/c1-7-19(3)34-43(39,40)27-17-23(32-29(36)22-11-9-12-24(16-22)41-6)14-15-26(27)42-30-21(5)28(31(37)38)33-35(30)25-13-8-10-18(2)20(25)4/h8-17,19,34H,7H2,1-6H3,(H,32,36)(H,37,38). The number of hydrogen-bond donors (Lipinski definition) is 3. The molecule has 11 nitrogen and oxygen atoms in total. The van der Waals surface area contributed by atoms with Gasteiger partial charge in [0.15, 0.2) is 5.69 Å². The minimum absolute atomic E-state index is 0.0410. The van der Waals surface area contributed by atoms with Crippen molar-refractivity contribution in [3.63, 3.8) is 0 Å². The Bertz CT molecular complexity index is 1800. The van der Waals surface area contributed by atoms with Crippen LogP contribution in [-0.2, 0) is 10.0 Å². The van der Waals surface area contributed by atoms with Crippen molar-refractivity contribution in [2.24, 2.45) is 0 Å². The Kier molecular flexibility index (Phi) is 9.22. The third-order valence-electron chi connectivity index (χ3n) is 7.07. The highest BCUT2D eigenvalue weighted by Gasteiger charge is 2.28. The van der Waals surface area contributed by atoms with Crippen molar-refractivity contribution < 1.29 is 32.6 Å². The molecular weight excluding hydrogens is 572 g/mol. The first-order valence-corrected chi connectivity index (χ1v) is 15.0. The predicted octanol–water partition coefficient (Wildman–Crippen LogP) is 5.63. The monoisotopic (exact) mass is 606 g/mol. The number of sulfonamides is 1. The lowest BCUT2D eigenvalue weighted by Crippen LogP contribution is -2.32. The summed E-state index contributed by atoms with van der Waals surface area (Å²) in [6.07, 6.45) is 0.530. The molecule has 0 radical (unpaired) electrons. The van der Waals surface area contributed by atoms with Crippen LogP contribution in [0.1, 0.15) is 57.8 Å². The highest BCUT2D eigenvalue weighted by Crippen LogP contribution is 2.36. The maximum Gasteiger partial charge on any atom is 0.356 e. The topological polar surface area (TPSA) is 149 Å². The summed E-state index contributed by atoms with van der Waals surface area (Å²) in [5.41, 5.74) is 2.86. The molecule has 1 unspecified atom stereocenters. The molecule has 3 N–H and O–H groups in total. The number of carboxylic acids is 1. The Morgan fingerprint density at radius 1 is 1.02 bits per heavy atom. The second-order valence-corrected chi connectivity index (χ2v) is 11.8. The van der Waals surface area contributed by atoms with Gasteiger partial charge >= 0.3 is 5.97 Å². The van der Waals surface area contributed by atoms with Crippen LogP contribution in [0, 0.1) is 20.8 Å². The van der Waals surface area contributed by atoms with Crippen LogP contribution in [-0.4, -0.2) is 48.3 Å². The van der Waals surface area contributed by atoms with Crippen LogP contribution in [0.15, 0.2) is 65.6 Å². The Morgan fingerprint density at radius 3 is 2.42 bits per heavy atom. The molecular formula is C31H34N4O7S. The van der Waals surface area contributed by atoms with Crippen LogP contribution in [0.4, 0.5) is 5.69 Å². The number of aryl methyl sites for hydroxylation is 1. The number of carboxylic acid groups (broad SMARTS) is 1. The average Bonchev–Trinajstić information content (AvgIpc) is 3.30. The number of carbonyl (C=O) groups excluding carboxylic acids is 1. The molecule has 4 aromatic rings. The van der Waals surface area contributed by atoms with E-state index in [4.69, 9.17) is 9.47 Å². The first kappa shape index (κ1) is 31.3. The van der Waals surface area contributed by atoms with Crippen LogP contribution < -0.4 is 19.5 Å². The number of aromatic carboxylic acids is 1. The molecule has 1 amide bonds. The first-order chi connectivity index (χ1) is 20.4. The molecule has 0 saturated heterocycles. The number of nitrogens with one attached hydrogen (secondary N) is 2. The molecule has 226 valence electrons. The summed E-state index contributed by atoms with van der Waals surface area (Å²) in [5, 5.41) is 16.8. The summed E-state index contributed by atoms with van der Waals surface area (Å²) >= 11 is 0. The van der Waals surface area contributed by atoms with E-state index >= 15 is 0 Å². The second-order valence-electron chi connectivity index (χ2n) is 10.1. The van der Waals surface area contributed by atoms with Crippen LogP contribution in [0.5, 0.6) is 17.4 Å². The molecule has 1 heterocycles. The number of amides is 1. The molecule has 4 rings (SSSR count). The van der Waals surface area contributed by atoms with Gasteiger partial charge < -0.3 is 19.9 Å². The van der Waals surface area contributed by atoms with Crippen LogP contribution in [0.3, 0.4) is 0 Å². The van der Waals surface area contributed by atoms with Gasteiger partial charge in [-0.25, -0.2) is 17.9 Å². The fourth-order valence-corrected chi connectivity index (χ4v) is 5.78. The number of aromatic nitrogens is 2. The predicted molar refractivity (Wildman–Crippen MR) is 162 cm³/mol. The molecule has 0 bridgehead atoms. The average molecular weight is 607 g/mol. The lowest BCUT2D eigenvalue weighted by molar-refractivity contribution is 0.0689. The molecule has 0 spiro atoms. The van der Waals surface area contributed by atoms with Crippen molar-refractivity contribution in [1.29, 1.82) is 0 Å². The van der Waals surface area contributed by atoms with Crippen LogP contribution in [0.2, 0.25) is 0 Å². The zero-order chi connectivity index (χ0) is 31.5. The summed E-state index contributed by atoms with van der Waals surface area (Å²) in [4.78, 5) is 24.8. The summed E-state index contributed by atoms with van der Waals surface area (Å²) in [6.45, 7) is 8.90. The second kappa shape index (κ2) is 12.7. The van der Waals surface area contributed by atoms with E-state index in [0.29, 0.717) is 23.4 Å². The Balaban J connectivity index is 1.83. The van der Waals surface area contributed by atoms with E-state index in [1.165, 1.54) is 30.0 Å². The van der Waals surface area contributed by atoms with E-state index in [1.807, 2.05) is 32.9 Å². The number of benzene rings is 3. The van der Waals surface area contributed by atoms with Gasteiger partial charge in [-0.05, 0) is 87.7 Å². The van der Waals surface area contributed by atoms with Gasteiger partial charge in [0.05, 0.1) is 12.8 Å². The van der Waals surface area contributed by atoms with Crippen molar-refractivity contribution >= 4 is 27.6 Å². The molecule has 1 atom stereocenters. The number of methoxy groups -OCH3 is 1. The van der Waals surface area contributed by atoms with Crippen molar-refractivity contribution in [1.82, 2.24) is 14.5 Å². The van der Waals surface area contributed by atoms with E-state index in [0.717, 1.165) is 11.1 Å². The summed E-state index contributed by atoms with van der Waals surface area (Å²) in [7, 11) is -2.67. The van der Waals surface area contributed by atoms with Gasteiger partial charge in [0.2, 0.25) is 15.9 Å². The van der Waals surface area contributed by atoms with Gasteiger partial charge in [-0.2, -0.15) is 9.78 Å². The van der Waals surface area contributed by atoms with E-state index in [2.05, 4.69) is 15.1 Å². The molecule has 0 aliphatic rings. The van der Waals surface area contributed by atoms with Gasteiger partial charge in [0, 0.05) is 22.9 Å². The molecule has 3 aromatic carbocycles. The number of anilines is 1. The Hall–Kier alpha value is -4.68. The third-order valence-corrected chi connectivity index (χ3v) is 8.68. The lowest BCUT2D eigenvalue weighted by atomic mass is 10.1. The molecule has 0 aliphatic carbocycles. The number of carbonyl (C=O) groups is 2. The van der Waals surface area contributed by atoms with Gasteiger partial charge in [-0.3, -0.25) is 4.79 Å². The highest BCUT2D eigenvalue weighted by atomic mass is 32.2. The minimum atomic E-state index is -4.16.